The van der Waals surface area contributed by atoms with Crippen molar-refractivity contribution >= 4 is 23.5 Å². The minimum atomic E-state index is -0.473. The maximum absolute atomic E-state index is 13.2. The third kappa shape index (κ3) is 5.07. The van der Waals surface area contributed by atoms with Crippen LogP contribution in [0.5, 0.6) is 0 Å². The molecule has 7 nitrogen and oxygen atoms in total. The van der Waals surface area contributed by atoms with E-state index in [1.165, 1.54) is 11.8 Å². The van der Waals surface area contributed by atoms with Gasteiger partial charge >= 0.3 is 5.97 Å². The second kappa shape index (κ2) is 10.4. The van der Waals surface area contributed by atoms with Crippen molar-refractivity contribution < 1.29 is 19.1 Å². The Morgan fingerprint density at radius 3 is 2.67 bits per heavy atom. The van der Waals surface area contributed by atoms with Crippen LogP contribution in [0.1, 0.15) is 51.9 Å². The van der Waals surface area contributed by atoms with E-state index in [9.17, 15) is 9.59 Å². The summed E-state index contributed by atoms with van der Waals surface area (Å²) in [7, 11) is 0. The van der Waals surface area contributed by atoms with E-state index in [0.717, 1.165) is 35.9 Å². The van der Waals surface area contributed by atoms with E-state index >= 15 is 0 Å². The zero-order chi connectivity index (χ0) is 23.4. The molecule has 1 aromatic carbocycles. The Hall–Kier alpha value is -2.84. The van der Waals surface area contributed by atoms with Crippen LogP contribution in [-0.2, 0) is 16.0 Å². The van der Waals surface area contributed by atoms with Gasteiger partial charge in [0.2, 0.25) is 0 Å². The summed E-state index contributed by atoms with van der Waals surface area (Å²) < 4.78 is 13.2. The monoisotopic (exact) mass is 467 g/mol. The van der Waals surface area contributed by atoms with Crippen molar-refractivity contribution in [1.29, 1.82) is 0 Å². The highest BCUT2D eigenvalue weighted by atomic mass is 32.2. The van der Waals surface area contributed by atoms with E-state index in [4.69, 9.17) is 9.47 Å². The lowest BCUT2D eigenvalue weighted by Gasteiger charge is -2.16. The minimum Gasteiger partial charge on any atom is -0.462 e. The molecule has 8 heteroatoms. The van der Waals surface area contributed by atoms with Gasteiger partial charge in [-0.25, -0.2) is 9.78 Å². The quantitative estimate of drug-likeness (QED) is 0.276. The van der Waals surface area contributed by atoms with E-state index in [1.807, 2.05) is 24.4 Å². The number of aromatic nitrogens is 3. The van der Waals surface area contributed by atoms with Crippen molar-refractivity contribution in [2.24, 2.45) is 0 Å². The van der Waals surface area contributed by atoms with Crippen LogP contribution in [0.3, 0.4) is 0 Å². The summed E-state index contributed by atoms with van der Waals surface area (Å²) in [6.07, 6.45) is 4.07. The molecule has 1 atom stereocenters. The molecule has 1 unspecified atom stereocenters. The van der Waals surface area contributed by atoms with Crippen molar-refractivity contribution in [3.63, 3.8) is 0 Å². The highest BCUT2D eigenvalue weighted by Gasteiger charge is 2.26. The summed E-state index contributed by atoms with van der Waals surface area (Å²) >= 11 is 1.38. The number of hydrogen-bond acceptors (Lipinski definition) is 6. The molecular formula is C25H29N3O4S. The Morgan fingerprint density at radius 1 is 1.21 bits per heavy atom. The summed E-state index contributed by atoms with van der Waals surface area (Å²) in [4.78, 5) is 33.4. The van der Waals surface area contributed by atoms with E-state index in [-0.39, 0.29) is 24.2 Å². The van der Waals surface area contributed by atoms with E-state index in [2.05, 4.69) is 26.7 Å². The van der Waals surface area contributed by atoms with E-state index < -0.39 is 5.97 Å². The molecule has 4 rings (SSSR count). The third-order valence-electron chi connectivity index (χ3n) is 5.76. The average Bonchev–Trinajstić information content (AvgIpc) is 3.52. The normalized spacial score (nSPS) is 15.7. The topological polar surface area (TPSA) is 86.2 Å². The summed E-state index contributed by atoms with van der Waals surface area (Å²) in [5, 5.41) is 0.764. The standard InChI is InChI=1S/C25H29N3O4S/c1-4-31-24(30)23-17(3)27-16(2)22(23)21(29)15-33-25-26-13-20(18-9-6-5-7-10-18)28(25)14-19-11-8-12-32-19/h5-7,9-10,13,19,27H,4,8,11-12,14-15H2,1-3H3. The van der Waals surface area contributed by atoms with Crippen LogP contribution in [0.15, 0.2) is 41.7 Å². The molecule has 1 aliphatic rings. The van der Waals surface area contributed by atoms with Gasteiger partial charge < -0.3 is 19.0 Å². The number of ketones is 1. The highest BCUT2D eigenvalue weighted by Crippen LogP contribution is 2.30. The lowest BCUT2D eigenvalue weighted by molar-refractivity contribution is 0.0522. The number of aryl methyl sites for hydroxylation is 2. The number of Topliss-reactive ketones (excluding diaryl/α,β-unsaturated/α-hetero) is 1. The Morgan fingerprint density at radius 2 is 1.97 bits per heavy atom. The van der Waals surface area contributed by atoms with Gasteiger partial charge in [-0.05, 0) is 39.2 Å². The first kappa shape index (κ1) is 23.3. The Balaban J connectivity index is 1.58. The van der Waals surface area contributed by atoms with Crippen LogP contribution in [0.2, 0.25) is 0 Å². The van der Waals surface area contributed by atoms with E-state index in [1.54, 1.807) is 20.8 Å². The number of thioether (sulfide) groups is 1. The lowest BCUT2D eigenvalue weighted by Crippen LogP contribution is -2.17. The van der Waals surface area contributed by atoms with Crippen molar-refractivity contribution in [2.75, 3.05) is 19.0 Å². The number of carbonyl (C=O) groups excluding carboxylic acids is 2. The fraction of sp³-hybridized carbons (Fsp3) is 0.400. The fourth-order valence-corrected chi connectivity index (χ4v) is 5.13. The molecule has 3 heterocycles. The van der Waals surface area contributed by atoms with Gasteiger partial charge in [0.1, 0.15) is 0 Å². The second-order valence-corrected chi connectivity index (χ2v) is 9.04. The van der Waals surface area contributed by atoms with Gasteiger partial charge in [-0.15, -0.1) is 0 Å². The molecule has 0 spiro atoms. The number of nitrogens with one attached hydrogen (secondary N) is 1. The molecule has 1 fully saturated rings. The molecule has 1 aliphatic heterocycles. The zero-order valence-electron chi connectivity index (χ0n) is 19.2. The number of aromatic amines is 1. The lowest BCUT2D eigenvalue weighted by atomic mass is 10.1. The van der Waals surface area contributed by atoms with Crippen LogP contribution in [0.25, 0.3) is 11.3 Å². The smallest absolute Gasteiger partial charge is 0.340 e. The van der Waals surface area contributed by atoms with Gasteiger partial charge in [0.15, 0.2) is 10.9 Å². The first-order valence-corrected chi connectivity index (χ1v) is 12.2. The summed E-state index contributed by atoms with van der Waals surface area (Å²) in [5.74, 6) is -0.432. The number of nitrogens with zero attached hydrogens (tertiary/aromatic N) is 2. The predicted molar refractivity (Wildman–Crippen MR) is 128 cm³/mol. The summed E-state index contributed by atoms with van der Waals surface area (Å²) in [6.45, 7) is 7.07. The summed E-state index contributed by atoms with van der Waals surface area (Å²) in [5.41, 5.74) is 4.12. The molecule has 1 N–H and O–H groups in total. The largest absolute Gasteiger partial charge is 0.462 e. The van der Waals surface area contributed by atoms with Gasteiger partial charge in [-0.3, -0.25) is 4.79 Å². The van der Waals surface area contributed by atoms with Gasteiger partial charge in [0, 0.05) is 18.0 Å². The van der Waals surface area contributed by atoms with Crippen LogP contribution in [-0.4, -0.2) is 51.4 Å². The number of hydrogen-bond donors (Lipinski definition) is 1. The molecule has 0 saturated carbocycles. The van der Waals surface area contributed by atoms with Gasteiger partial charge in [0.05, 0.1) is 48.0 Å². The zero-order valence-corrected chi connectivity index (χ0v) is 20.0. The van der Waals surface area contributed by atoms with Crippen LogP contribution in [0, 0.1) is 13.8 Å². The third-order valence-corrected chi connectivity index (χ3v) is 6.76. The molecule has 1 saturated heterocycles. The SMILES string of the molecule is CCOC(=O)c1c(C)[nH]c(C)c1C(=O)CSc1ncc(-c2ccccc2)n1CC1CCCO1. The highest BCUT2D eigenvalue weighted by molar-refractivity contribution is 7.99. The first-order valence-electron chi connectivity index (χ1n) is 11.2. The maximum Gasteiger partial charge on any atom is 0.340 e. The van der Waals surface area contributed by atoms with Crippen molar-refractivity contribution in [1.82, 2.24) is 14.5 Å². The molecule has 33 heavy (non-hydrogen) atoms. The molecule has 174 valence electrons. The molecule has 0 bridgehead atoms. The Kier molecular flexibility index (Phi) is 7.35. The van der Waals surface area contributed by atoms with Crippen LogP contribution < -0.4 is 0 Å². The molecular weight excluding hydrogens is 438 g/mol. The molecule has 0 radical (unpaired) electrons. The van der Waals surface area contributed by atoms with Gasteiger partial charge in [-0.2, -0.15) is 0 Å². The van der Waals surface area contributed by atoms with Crippen molar-refractivity contribution in [2.45, 2.75) is 51.4 Å². The molecule has 0 amide bonds. The van der Waals surface area contributed by atoms with Crippen molar-refractivity contribution in [3.8, 4) is 11.3 Å². The predicted octanol–water partition coefficient (Wildman–Crippen LogP) is 4.83. The van der Waals surface area contributed by atoms with Crippen molar-refractivity contribution in [3.05, 3.63) is 59.0 Å². The number of carbonyl (C=O) groups is 2. The number of esters is 1. The van der Waals surface area contributed by atoms with Crippen LogP contribution >= 0.6 is 11.8 Å². The summed E-state index contributed by atoms with van der Waals surface area (Å²) in [6, 6.07) is 10.1. The molecule has 3 aromatic rings. The first-order chi connectivity index (χ1) is 16.0. The minimum absolute atomic E-state index is 0.127. The fourth-order valence-electron chi connectivity index (χ4n) is 4.27. The average molecular weight is 468 g/mol. The number of benzene rings is 1. The molecule has 2 aromatic heterocycles. The molecule has 0 aliphatic carbocycles. The van der Waals surface area contributed by atoms with Crippen LogP contribution in [0.4, 0.5) is 0 Å². The number of rotatable bonds is 9. The van der Waals surface area contributed by atoms with E-state index in [0.29, 0.717) is 29.1 Å². The number of imidazole rings is 1. The number of H-pyrrole nitrogens is 1. The van der Waals surface area contributed by atoms with Gasteiger partial charge in [-0.1, -0.05) is 42.1 Å². The number of ether oxygens (including phenoxy) is 2. The Bertz CT molecular complexity index is 1130. The second-order valence-electron chi connectivity index (χ2n) is 8.09. The maximum atomic E-state index is 13.2. The van der Waals surface area contributed by atoms with Gasteiger partial charge in [0.25, 0.3) is 0 Å². The Labute approximate surface area is 197 Å².